The lowest BCUT2D eigenvalue weighted by atomic mass is 10.0. The van der Waals surface area contributed by atoms with Gasteiger partial charge in [0.25, 0.3) is 11.8 Å². The third kappa shape index (κ3) is 5.58. The first-order valence-corrected chi connectivity index (χ1v) is 12.4. The van der Waals surface area contributed by atoms with E-state index < -0.39 is 48.1 Å². The Kier molecular flexibility index (Phi) is 8.01. The maximum Gasteiger partial charge on any atom is 0.310 e. The lowest BCUT2D eigenvalue weighted by Gasteiger charge is -2.43. The third-order valence-corrected chi connectivity index (χ3v) is 6.65. The van der Waals surface area contributed by atoms with Crippen LogP contribution in [0.15, 0.2) is 18.2 Å². The molecule has 0 aromatic heterocycles. The van der Waals surface area contributed by atoms with E-state index >= 15 is 0 Å². The van der Waals surface area contributed by atoms with Crippen LogP contribution in [0.4, 0.5) is 0 Å². The Balaban J connectivity index is 1.53. The number of hydrazine groups is 1. The molecule has 3 heterocycles. The van der Waals surface area contributed by atoms with Gasteiger partial charge in [0.15, 0.2) is 0 Å². The number of nitrogens with zero attached hydrogens (tertiary/aromatic N) is 2. The second kappa shape index (κ2) is 11.0. The van der Waals surface area contributed by atoms with Gasteiger partial charge in [-0.3, -0.25) is 29.0 Å². The summed E-state index contributed by atoms with van der Waals surface area (Å²) in [5.41, 5.74) is 0.161. The minimum atomic E-state index is -1.05. The highest BCUT2D eigenvalue weighted by Gasteiger charge is 2.46. The van der Waals surface area contributed by atoms with Crippen LogP contribution in [0.5, 0.6) is 0 Å². The number of amides is 4. The second-order valence-electron chi connectivity index (χ2n) is 8.71. The SMILES string of the molecule is CCOC1OC(=O)C[C@@H]1NC(=O)[C@@H]1CCCN2C(=O)CC[C@H](NC(=O)c3cc(Cl)cc(Cl)c3)C(=O)N12. The molecule has 1 unspecified atom stereocenters. The molecule has 0 radical (unpaired) electrons. The molecule has 1 aromatic rings. The second-order valence-corrected chi connectivity index (χ2v) is 9.59. The summed E-state index contributed by atoms with van der Waals surface area (Å²) in [6, 6.07) is 1.53. The molecule has 11 nitrogen and oxygen atoms in total. The monoisotopic (exact) mass is 540 g/mol. The number of benzene rings is 1. The van der Waals surface area contributed by atoms with Gasteiger partial charge in [0.2, 0.25) is 18.1 Å². The van der Waals surface area contributed by atoms with Crippen molar-refractivity contribution in [3.8, 4) is 0 Å². The summed E-state index contributed by atoms with van der Waals surface area (Å²) in [5.74, 6) is -2.54. The molecule has 194 valence electrons. The van der Waals surface area contributed by atoms with E-state index in [2.05, 4.69) is 10.6 Å². The van der Waals surface area contributed by atoms with E-state index in [-0.39, 0.29) is 53.9 Å². The fraction of sp³-hybridized carbons (Fsp3) is 0.522. The Morgan fingerprint density at radius 1 is 1.11 bits per heavy atom. The normalized spacial score (nSPS) is 26.2. The Bertz CT molecular complexity index is 1060. The van der Waals surface area contributed by atoms with Gasteiger partial charge < -0.3 is 20.1 Å². The molecule has 0 spiro atoms. The van der Waals surface area contributed by atoms with E-state index in [4.69, 9.17) is 32.7 Å². The van der Waals surface area contributed by atoms with Gasteiger partial charge in [0, 0.05) is 35.2 Å². The summed E-state index contributed by atoms with van der Waals surface area (Å²) >= 11 is 12.0. The molecule has 0 bridgehead atoms. The van der Waals surface area contributed by atoms with Crippen LogP contribution in [-0.2, 0) is 28.7 Å². The van der Waals surface area contributed by atoms with Crippen molar-refractivity contribution in [2.24, 2.45) is 0 Å². The molecule has 4 amide bonds. The number of halogens is 2. The van der Waals surface area contributed by atoms with Crippen LogP contribution in [0.3, 0.4) is 0 Å². The first-order chi connectivity index (χ1) is 17.2. The molecule has 3 saturated heterocycles. The van der Waals surface area contributed by atoms with E-state index in [0.29, 0.717) is 12.8 Å². The predicted octanol–water partition coefficient (Wildman–Crippen LogP) is 1.41. The number of cyclic esters (lactones) is 1. The molecule has 3 aliphatic heterocycles. The van der Waals surface area contributed by atoms with Gasteiger partial charge in [-0.1, -0.05) is 23.2 Å². The topological polar surface area (TPSA) is 134 Å². The van der Waals surface area contributed by atoms with Crippen LogP contribution in [0, 0.1) is 0 Å². The number of carbonyl (C=O) groups excluding carboxylic acids is 5. The van der Waals surface area contributed by atoms with Crippen LogP contribution in [0.25, 0.3) is 0 Å². The molecule has 36 heavy (non-hydrogen) atoms. The summed E-state index contributed by atoms with van der Waals surface area (Å²) in [6.45, 7) is 2.28. The van der Waals surface area contributed by atoms with Crippen molar-refractivity contribution in [1.82, 2.24) is 20.7 Å². The number of carbonyl (C=O) groups is 5. The number of rotatable bonds is 6. The number of fused-ring (bicyclic) bond motifs is 1. The van der Waals surface area contributed by atoms with Crippen LogP contribution in [0.1, 0.15) is 49.4 Å². The largest absolute Gasteiger partial charge is 0.433 e. The van der Waals surface area contributed by atoms with E-state index in [0.717, 1.165) is 5.01 Å². The minimum Gasteiger partial charge on any atom is -0.433 e. The summed E-state index contributed by atoms with van der Waals surface area (Å²) in [7, 11) is 0. The molecule has 0 aliphatic carbocycles. The van der Waals surface area contributed by atoms with Crippen LogP contribution in [-0.4, -0.2) is 77.2 Å². The predicted molar refractivity (Wildman–Crippen MR) is 127 cm³/mol. The Morgan fingerprint density at radius 3 is 2.53 bits per heavy atom. The van der Waals surface area contributed by atoms with Gasteiger partial charge in [0.1, 0.15) is 18.1 Å². The standard InChI is InChI=1S/C23H26Cl2N4O7/c1-2-35-23-16(11-19(31)36-23)27-21(33)17-4-3-7-28-18(30)6-5-15(22(34)29(17)28)26-20(32)12-8-13(24)10-14(25)9-12/h8-10,15-17,23H,2-7,11H2,1H3,(H,26,32)(H,27,33)/t15-,16-,17-,23?/m0/s1. The van der Waals surface area contributed by atoms with Gasteiger partial charge in [-0.05, 0) is 44.4 Å². The Labute approximate surface area is 217 Å². The van der Waals surface area contributed by atoms with E-state index in [1.807, 2.05) is 0 Å². The van der Waals surface area contributed by atoms with Crippen molar-refractivity contribution >= 4 is 52.8 Å². The average molecular weight is 541 g/mol. The molecule has 1 aromatic carbocycles. The van der Waals surface area contributed by atoms with E-state index in [1.165, 1.54) is 23.2 Å². The maximum atomic E-state index is 13.6. The maximum absolute atomic E-state index is 13.6. The van der Waals surface area contributed by atoms with Crippen molar-refractivity contribution in [2.75, 3.05) is 13.2 Å². The van der Waals surface area contributed by atoms with Crippen molar-refractivity contribution in [3.05, 3.63) is 33.8 Å². The minimum absolute atomic E-state index is 0.00914. The first kappa shape index (κ1) is 26.2. The number of esters is 1. The van der Waals surface area contributed by atoms with Gasteiger partial charge in [-0.25, -0.2) is 5.01 Å². The molecule has 4 rings (SSSR count). The fourth-order valence-corrected chi connectivity index (χ4v) is 5.11. The smallest absolute Gasteiger partial charge is 0.310 e. The summed E-state index contributed by atoms with van der Waals surface area (Å²) in [4.78, 5) is 64.3. The molecule has 4 atom stereocenters. The highest BCUT2D eigenvalue weighted by Crippen LogP contribution is 2.26. The molecule has 13 heteroatoms. The van der Waals surface area contributed by atoms with Gasteiger partial charge in [0.05, 0.1) is 6.42 Å². The lowest BCUT2D eigenvalue weighted by Crippen LogP contribution is -2.64. The zero-order valence-corrected chi connectivity index (χ0v) is 21.0. The zero-order chi connectivity index (χ0) is 26.0. The molecular formula is C23H26Cl2N4O7. The first-order valence-electron chi connectivity index (χ1n) is 11.7. The number of ether oxygens (including phenoxy) is 2. The summed E-state index contributed by atoms with van der Waals surface area (Å²) in [5, 5.41) is 8.32. The molecule has 3 fully saturated rings. The van der Waals surface area contributed by atoms with Gasteiger partial charge in [-0.2, -0.15) is 0 Å². The molecule has 2 N–H and O–H groups in total. The van der Waals surface area contributed by atoms with E-state index in [1.54, 1.807) is 6.92 Å². The Hall–Kier alpha value is -2.89. The number of nitrogens with one attached hydrogen (secondary N) is 2. The Morgan fingerprint density at radius 2 is 1.83 bits per heavy atom. The van der Waals surface area contributed by atoms with Gasteiger partial charge >= 0.3 is 5.97 Å². The molecule has 0 saturated carbocycles. The quantitative estimate of drug-likeness (QED) is 0.521. The molecular weight excluding hydrogens is 515 g/mol. The van der Waals surface area contributed by atoms with Crippen molar-refractivity contribution < 1.29 is 33.4 Å². The summed E-state index contributed by atoms with van der Waals surface area (Å²) in [6.07, 6.45) is -0.122. The van der Waals surface area contributed by atoms with Gasteiger partial charge in [-0.15, -0.1) is 0 Å². The van der Waals surface area contributed by atoms with Crippen molar-refractivity contribution in [3.63, 3.8) is 0 Å². The van der Waals surface area contributed by atoms with Crippen molar-refractivity contribution in [1.29, 1.82) is 0 Å². The lowest BCUT2D eigenvalue weighted by molar-refractivity contribution is -0.177. The fourth-order valence-electron chi connectivity index (χ4n) is 4.58. The van der Waals surface area contributed by atoms with Crippen molar-refractivity contribution in [2.45, 2.75) is 63.4 Å². The highest BCUT2D eigenvalue weighted by atomic mass is 35.5. The number of hydrogen-bond acceptors (Lipinski definition) is 7. The van der Waals surface area contributed by atoms with Crippen LogP contribution in [0.2, 0.25) is 10.0 Å². The van der Waals surface area contributed by atoms with Crippen LogP contribution < -0.4 is 10.6 Å². The summed E-state index contributed by atoms with van der Waals surface area (Å²) < 4.78 is 10.5. The molecule has 3 aliphatic rings. The average Bonchev–Trinajstić information content (AvgIpc) is 3.12. The van der Waals surface area contributed by atoms with Crippen LogP contribution >= 0.6 is 23.2 Å². The van der Waals surface area contributed by atoms with E-state index in [9.17, 15) is 24.0 Å². The third-order valence-electron chi connectivity index (χ3n) is 6.22. The zero-order valence-electron chi connectivity index (χ0n) is 19.5. The highest BCUT2D eigenvalue weighted by molar-refractivity contribution is 6.35. The number of hydrogen-bond donors (Lipinski definition) is 2.